The minimum absolute atomic E-state index is 0.170. The average molecular weight is 505 g/mol. The Balaban J connectivity index is 1.56. The van der Waals surface area contributed by atoms with Gasteiger partial charge in [0.15, 0.2) is 0 Å². The van der Waals surface area contributed by atoms with Crippen molar-refractivity contribution in [2.45, 2.75) is 40.0 Å². The Bertz CT molecular complexity index is 1410. The molecule has 0 heterocycles. The highest BCUT2D eigenvalue weighted by Gasteiger charge is 2.11. The van der Waals surface area contributed by atoms with E-state index in [0.29, 0.717) is 25.0 Å². The van der Waals surface area contributed by atoms with E-state index in [2.05, 4.69) is 105 Å². The lowest BCUT2D eigenvalue weighted by atomic mass is 9.91. The summed E-state index contributed by atoms with van der Waals surface area (Å²) in [4.78, 5) is 11.8. The minimum atomic E-state index is -0.347. The third kappa shape index (κ3) is 6.48. The number of carbonyl (C=O) groups excluding carboxylic acids is 1. The maximum Gasteiger partial charge on any atom is 0.333 e. The molecule has 4 aromatic carbocycles. The molecule has 0 unspecified atom stereocenters. The SMILES string of the molecule is C=C(C)C(=O)OCCc1cc(C)ccc1-c1ccc(-c2ccc(-c3ccc(CCO)cc3)c(CC)c2)cc1. The standard InChI is InChI=1S/C35H36O3/c1-5-27-23-31(15-17-33(27)29-9-7-26(8-10-29)18-20-36)28-11-13-30(14-12-28)34-16-6-25(4)22-32(34)19-21-38-35(37)24(2)3/h6-17,22-23,36H,2,5,18-21H2,1,3-4H3. The van der Waals surface area contributed by atoms with Gasteiger partial charge in [-0.2, -0.15) is 0 Å². The zero-order chi connectivity index (χ0) is 27.1. The highest BCUT2D eigenvalue weighted by Crippen LogP contribution is 2.32. The Labute approximate surface area is 226 Å². The van der Waals surface area contributed by atoms with Crippen LogP contribution in [0.1, 0.15) is 36.1 Å². The summed E-state index contributed by atoms with van der Waals surface area (Å²) in [5.74, 6) is -0.347. The number of aliphatic hydroxyl groups is 1. The van der Waals surface area contributed by atoms with Crippen molar-refractivity contribution in [3.05, 3.63) is 119 Å². The smallest absolute Gasteiger partial charge is 0.333 e. The van der Waals surface area contributed by atoms with Crippen molar-refractivity contribution < 1.29 is 14.6 Å². The first-order chi connectivity index (χ1) is 18.4. The number of hydrogen-bond acceptors (Lipinski definition) is 3. The fraction of sp³-hybridized carbons (Fsp3) is 0.229. The van der Waals surface area contributed by atoms with Gasteiger partial charge in [0, 0.05) is 18.6 Å². The molecule has 4 aromatic rings. The van der Waals surface area contributed by atoms with Crippen LogP contribution in [0.4, 0.5) is 0 Å². The molecule has 0 radical (unpaired) electrons. The third-order valence-corrected chi connectivity index (χ3v) is 6.89. The second-order valence-electron chi connectivity index (χ2n) is 9.80. The second-order valence-corrected chi connectivity index (χ2v) is 9.80. The molecule has 0 aliphatic heterocycles. The van der Waals surface area contributed by atoms with Gasteiger partial charge in [-0.25, -0.2) is 4.79 Å². The van der Waals surface area contributed by atoms with Crippen LogP contribution in [-0.2, 0) is 28.8 Å². The summed E-state index contributed by atoms with van der Waals surface area (Å²) in [5, 5.41) is 9.18. The first-order valence-electron chi connectivity index (χ1n) is 13.3. The van der Waals surface area contributed by atoms with E-state index >= 15 is 0 Å². The van der Waals surface area contributed by atoms with Crippen molar-refractivity contribution in [1.82, 2.24) is 0 Å². The van der Waals surface area contributed by atoms with E-state index in [1.165, 1.54) is 33.4 Å². The van der Waals surface area contributed by atoms with E-state index in [9.17, 15) is 9.90 Å². The van der Waals surface area contributed by atoms with Crippen LogP contribution in [0.3, 0.4) is 0 Å². The molecule has 0 aliphatic carbocycles. The molecular weight excluding hydrogens is 468 g/mol. The van der Waals surface area contributed by atoms with Crippen molar-refractivity contribution in [2.75, 3.05) is 13.2 Å². The van der Waals surface area contributed by atoms with Crippen molar-refractivity contribution in [3.8, 4) is 33.4 Å². The highest BCUT2D eigenvalue weighted by molar-refractivity contribution is 5.87. The van der Waals surface area contributed by atoms with Crippen LogP contribution < -0.4 is 0 Å². The fourth-order valence-electron chi connectivity index (χ4n) is 4.76. The maximum absolute atomic E-state index is 11.8. The summed E-state index contributed by atoms with van der Waals surface area (Å²) in [7, 11) is 0. The van der Waals surface area contributed by atoms with Gasteiger partial charge in [0.1, 0.15) is 0 Å². The monoisotopic (exact) mass is 504 g/mol. The van der Waals surface area contributed by atoms with Crippen LogP contribution in [0, 0.1) is 6.92 Å². The molecule has 0 spiro atoms. The lowest BCUT2D eigenvalue weighted by molar-refractivity contribution is -0.138. The van der Waals surface area contributed by atoms with Crippen molar-refractivity contribution in [2.24, 2.45) is 0 Å². The molecule has 0 bridgehead atoms. The normalized spacial score (nSPS) is 10.8. The van der Waals surface area contributed by atoms with Gasteiger partial charge < -0.3 is 9.84 Å². The summed E-state index contributed by atoms with van der Waals surface area (Å²) in [5.41, 5.74) is 12.3. The van der Waals surface area contributed by atoms with Crippen LogP contribution in [0.2, 0.25) is 0 Å². The van der Waals surface area contributed by atoms with Gasteiger partial charge in [0.2, 0.25) is 0 Å². The van der Waals surface area contributed by atoms with E-state index in [-0.39, 0.29) is 12.6 Å². The molecule has 0 fully saturated rings. The molecule has 0 aromatic heterocycles. The Kier molecular flexibility index (Phi) is 8.93. The summed E-state index contributed by atoms with van der Waals surface area (Å²) in [6.07, 6.45) is 2.28. The third-order valence-electron chi connectivity index (χ3n) is 6.89. The quantitative estimate of drug-likeness (QED) is 0.177. The van der Waals surface area contributed by atoms with Crippen LogP contribution in [0.15, 0.2) is 97.1 Å². The lowest BCUT2D eigenvalue weighted by Crippen LogP contribution is -2.08. The number of benzene rings is 4. The van der Waals surface area contributed by atoms with Gasteiger partial charge in [-0.05, 0) is 76.8 Å². The number of esters is 1. The van der Waals surface area contributed by atoms with Gasteiger partial charge in [-0.3, -0.25) is 0 Å². The molecule has 0 aliphatic rings. The number of carbonyl (C=O) groups is 1. The van der Waals surface area contributed by atoms with Crippen LogP contribution >= 0.6 is 0 Å². The lowest BCUT2D eigenvalue weighted by Gasteiger charge is -2.14. The topological polar surface area (TPSA) is 46.5 Å². The van der Waals surface area contributed by atoms with Gasteiger partial charge >= 0.3 is 5.97 Å². The van der Waals surface area contributed by atoms with E-state index in [4.69, 9.17) is 4.74 Å². The molecular formula is C35H36O3. The molecule has 3 heteroatoms. The first kappa shape index (κ1) is 27.1. The Hall–Kier alpha value is -3.95. The van der Waals surface area contributed by atoms with Crippen LogP contribution in [0.5, 0.6) is 0 Å². The zero-order valence-electron chi connectivity index (χ0n) is 22.6. The van der Waals surface area contributed by atoms with E-state index < -0.39 is 0 Å². The summed E-state index contributed by atoms with van der Waals surface area (Å²) < 4.78 is 5.35. The summed E-state index contributed by atoms with van der Waals surface area (Å²) in [6.45, 7) is 10.1. The number of aliphatic hydroxyl groups excluding tert-OH is 1. The molecule has 0 atom stereocenters. The van der Waals surface area contributed by atoms with Gasteiger partial charge in [0.05, 0.1) is 6.61 Å². The predicted molar refractivity (Wildman–Crippen MR) is 157 cm³/mol. The maximum atomic E-state index is 11.8. The van der Waals surface area contributed by atoms with Crippen molar-refractivity contribution >= 4 is 5.97 Å². The number of hydrogen-bond donors (Lipinski definition) is 1. The summed E-state index contributed by atoms with van der Waals surface area (Å²) in [6, 6.07) is 30.3. The minimum Gasteiger partial charge on any atom is -0.462 e. The van der Waals surface area contributed by atoms with E-state index in [0.717, 1.165) is 28.7 Å². The molecule has 0 amide bonds. The zero-order valence-corrected chi connectivity index (χ0v) is 22.6. The largest absolute Gasteiger partial charge is 0.462 e. The first-order valence-corrected chi connectivity index (χ1v) is 13.3. The van der Waals surface area contributed by atoms with E-state index in [1.807, 2.05) is 0 Å². The van der Waals surface area contributed by atoms with Crippen molar-refractivity contribution in [3.63, 3.8) is 0 Å². The average Bonchev–Trinajstić information content (AvgIpc) is 2.93. The number of rotatable bonds is 10. The molecule has 194 valence electrons. The molecule has 4 rings (SSSR count). The fourth-order valence-corrected chi connectivity index (χ4v) is 4.76. The highest BCUT2D eigenvalue weighted by atomic mass is 16.5. The summed E-state index contributed by atoms with van der Waals surface area (Å²) >= 11 is 0. The predicted octanol–water partition coefficient (Wildman–Crippen LogP) is 7.76. The van der Waals surface area contributed by atoms with Gasteiger partial charge in [-0.1, -0.05) is 104 Å². The van der Waals surface area contributed by atoms with Crippen LogP contribution in [-0.4, -0.2) is 24.3 Å². The van der Waals surface area contributed by atoms with Crippen LogP contribution in [0.25, 0.3) is 33.4 Å². The molecule has 0 saturated carbocycles. The van der Waals surface area contributed by atoms with Gasteiger partial charge in [0.25, 0.3) is 0 Å². The van der Waals surface area contributed by atoms with Gasteiger partial charge in [-0.15, -0.1) is 0 Å². The number of aryl methyl sites for hydroxylation is 2. The number of ether oxygens (including phenoxy) is 1. The molecule has 3 nitrogen and oxygen atoms in total. The van der Waals surface area contributed by atoms with Crippen molar-refractivity contribution in [1.29, 1.82) is 0 Å². The second kappa shape index (κ2) is 12.5. The Morgan fingerprint density at radius 1 is 0.763 bits per heavy atom. The van der Waals surface area contributed by atoms with E-state index in [1.54, 1.807) is 6.92 Å². The molecule has 0 saturated heterocycles. The Morgan fingerprint density at radius 2 is 1.34 bits per heavy atom. The molecule has 38 heavy (non-hydrogen) atoms. The Morgan fingerprint density at radius 3 is 1.97 bits per heavy atom. The molecule has 1 N–H and O–H groups in total.